The van der Waals surface area contributed by atoms with E-state index in [-0.39, 0.29) is 12.6 Å². The van der Waals surface area contributed by atoms with Crippen LogP contribution in [0.1, 0.15) is 24.9 Å². The lowest BCUT2D eigenvalue weighted by Gasteiger charge is -2.16. The maximum absolute atomic E-state index is 9.58. The van der Waals surface area contributed by atoms with Crippen LogP contribution >= 0.6 is 0 Å². The third kappa shape index (κ3) is 3.51. The predicted octanol–water partition coefficient (Wildman–Crippen LogP) is 2.45. The molecule has 5 nitrogen and oxygen atoms in total. The molecule has 2 N–H and O–H groups in total. The number of nitrogens with one attached hydrogen (secondary N) is 1. The van der Waals surface area contributed by atoms with Crippen molar-refractivity contribution in [3.63, 3.8) is 0 Å². The Morgan fingerprint density at radius 2 is 2.30 bits per heavy atom. The molecule has 2 rings (SSSR count). The number of aryl methyl sites for hydroxylation is 1. The molecule has 0 aliphatic carbocycles. The highest BCUT2D eigenvalue weighted by Gasteiger charge is 2.12. The monoisotopic (exact) mass is 275 g/mol. The molecular formula is C15H21N3O2. The number of benzene rings is 1. The second kappa shape index (κ2) is 6.96. The highest BCUT2D eigenvalue weighted by atomic mass is 16.5. The predicted molar refractivity (Wildman–Crippen MR) is 79.0 cm³/mol. The number of aliphatic hydroxyl groups is 1. The van der Waals surface area contributed by atoms with E-state index in [2.05, 4.69) is 17.3 Å². The summed E-state index contributed by atoms with van der Waals surface area (Å²) in [5.74, 6) is 0.786. The van der Waals surface area contributed by atoms with Crippen molar-refractivity contribution in [2.24, 2.45) is 0 Å². The van der Waals surface area contributed by atoms with Crippen LogP contribution in [-0.2, 0) is 6.54 Å². The SMILES string of the molecule is CCCn1cc(C(CO)Nc2cccc(OC)c2)cn1. The van der Waals surface area contributed by atoms with E-state index in [4.69, 9.17) is 4.74 Å². The van der Waals surface area contributed by atoms with Crippen LogP contribution in [0.3, 0.4) is 0 Å². The van der Waals surface area contributed by atoms with E-state index in [0.717, 1.165) is 30.0 Å². The molecule has 1 aromatic heterocycles. The molecule has 0 amide bonds. The summed E-state index contributed by atoms with van der Waals surface area (Å²) in [4.78, 5) is 0. The second-order valence-corrected chi connectivity index (χ2v) is 4.65. The summed E-state index contributed by atoms with van der Waals surface area (Å²) in [6, 6.07) is 7.47. The van der Waals surface area contributed by atoms with Gasteiger partial charge in [-0.05, 0) is 18.6 Å². The zero-order chi connectivity index (χ0) is 14.4. The Balaban J connectivity index is 2.10. The summed E-state index contributed by atoms with van der Waals surface area (Å²) >= 11 is 0. The first-order valence-corrected chi connectivity index (χ1v) is 6.80. The number of aliphatic hydroxyl groups excluding tert-OH is 1. The topological polar surface area (TPSA) is 59.3 Å². The first-order valence-electron chi connectivity index (χ1n) is 6.80. The van der Waals surface area contributed by atoms with Crippen LogP contribution in [0.25, 0.3) is 0 Å². The van der Waals surface area contributed by atoms with Crippen LogP contribution in [-0.4, -0.2) is 28.6 Å². The van der Waals surface area contributed by atoms with Crippen molar-refractivity contribution >= 4 is 5.69 Å². The number of aromatic nitrogens is 2. The van der Waals surface area contributed by atoms with Crippen molar-refractivity contribution in [1.29, 1.82) is 0 Å². The quantitative estimate of drug-likeness (QED) is 0.815. The summed E-state index contributed by atoms with van der Waals surface area (Å²) in [7, 11) is 1.64. The minimum absolute atomic E-state index is 0.00896. The molecule has 0 fully saturated rings. The molecule has 0 bridgehead atoms. The Hall–Kier alpha value is -2.01. The minimum atomic E-state index is -0.173. The van der Waals surface area contributed by atoms with Crippen LogP contribution in [0.2, 0.25) is 0 Å². The van der Waals surface area contributed by atoms with E-state index in [0.29, 0.717) is 0 Å². The standard InChI is InChI=1S/C15H21N3O2/c1-3-7-18-10-12(9-16-18)15(11-19)17-13-5-4-6-14(8-13)20-2/h4-6,8-10,15,17,19H,3,7,11H2,1-2H3. The number of hydrogen-bond donors (Lipinski definition) is 2. The number of nitrogens with zero attached hydrogens (tertiary/aromatic N) is 2. The van der Waals surface area contributed by atoms with Gasteiger partial charge in [0, 0.05) is 30.1 Å². The van der Waals surface area contributed by atoms with E-state index in [1.54, 1.807) is 13.3 Å². The van der Waals surface area contributed by atoms with Gasteiger partial charge in [-0.2, -0.15) is 5.10 Å². The fraction of sp³-hybridized carbons (Fsp3) is 0.400. The first-order chi connectivity index (χ1) is 9.76. The Morgan fingerprint density at radius 1 is 1.45 bits per heavy atom. The molecular weight excluding hydrogens is 254 g/mol. The largest absolute Gasteiger partial charge is 0.497 e. The second-order valence-electron chi connectivity index (χ2n) is 4.65. The van der Waals surface area contributed by atoms with Crippen LogP contribution in [0.4, 0.5) is 5.69 Å². The van der Waals surface area contributed by atoms with Gasteiger partial charge in [0.15, 0.2) is 0 Å². The maximum atomic E-state index is 9.58. The minimum Gasteiger partial charge on any atom is -0.497 e. The third-order valence-electron chi connectivity index (χ3n) is 3.10. The van der Waals surface area contributed by atoms with Gasteiger partial charge in [-0.3, -0.25) is 4.68 Å². The van der Waals surface area contributed by atoms with Gasteiger partial charge < -0.3 is 15.2 Å². The number of rotatable bonds is 7. The van der Waals surface area contributed by atoms with Crippen molar-refractivity contribution in [2.75, 3.05) is 19.0 Å². The molecule has 5 heteroatoms. The molecule has 0 aliphatic rings. The molecule has 0 radical (unpaired) electrons. The number of anilines is 1. The van der Waals surface area contributed by atoms with Gasteiger partial charge in [0.2, 0.25) is 0 Å². The van der Waals surface area contributed by atoms with Crippen molar-refractivity contribution in [3.8, 4) is 5.75 Å². The molecule has 1 heterocycles. The lowest BCUT2D eigenvalue weighted by atomic mass is 10.1. The van der Waals surface area contributed by atoms with Crippen LogP contribution in [0.5, 0.6) is 5.75 Å². The molecule has 0 saturated carbocycles. The number of methoxy groups -OCH3 is 1. The Morgan fingerprint density at radius 3 is 3.00 bits per heavy atom. The van der Waals surface area contributed by atoms with Crippen molar-refractivity contribution in [3.05, 3.63) is 42.2 Å². The van der Waals surface area contributed by atoms with Gasteiger partial charge in [0.25, 0.3) is 0 Å². The Bertz CT molecular complexity index is 539. The fourth-order valence-corrected chi connectivity index (χ4v) is 2.06. The van der Waals surface area contributed by atoms with Crippen molar-refractivity contribution in [1.82, 2.24) is 9.78 Å². The zero-order valence-electron chi connectivity index (χ0n) is 11.9. The van der Waals surface area contributed by atoms with Crippen LogP contribution in [0.15, 0.2) is 36.7 Å². The summed E-state index contributed by atoms with van der Waals surface area (Å²) < 4.78 is 7.09. The lowest BCUT2D eigenvalue weighted by Crippen LogP contribution is -2.14. The normalized spacial score (nSPS) is 12.2. The molecule has 1 aromatic carbocycles. The molecule has 108 valence electrons. The first kappa shape index (κ1) is 14.4. The number of hydrogen-bond acceptors (Lipinski definition) is 4. The van der Waals surface area contributed by atoms with Gasteiger partial charge in [0.1, 0.15) is 5.75 Å². The lowest BCUT2D eigenvalue weighted by molar-refractivity contribution is 0.276. The van der Waals surface area contributed by atoms with Gasteiger partial charge in [0.05, 0.1) is 26.0 Å². The van der Waals surface area contributed by atoms with Crippen LogP contribution < -0.4 is 10.1 Å². The summed E-state index contributed by atoms with van der Waals surface area (Å²) in [5.41, 5.74) is 1.88. The molecule has 0 aliphatic heterocycles. The molecule has 2 aromatic rings. The van der Waals surface area contributed by atoms with Crippen molar-refractivity contribution < 1.29 is 9.84 Å². The van der Waals surface area contributed by atoms with Gasteiger partial charge in [-0.25, -0.2) is 0 Å². The van der Waals surface area contributed by atoms with E-state index in [1.165, 1.54) is 0 Å². The summed E-state index contributed by atoms with van der Waals surface area (Å²) in [6.07, 6.45) is 4.80. The fourth-order valence-electron chi connectivity index (χ4n) is 2.06. The molecule has 1 unspecified atom stereocenters. The smallest absolute Gasteiger partial charge is 0.120 e. The number of ether oxygens (including phenoxy) is 1. The highest BCUT2D eigenvalue weighted by molar-refractivity contribution is 5.49. The third-order valence-corrected chi connectivity index (χ3v) is 3.10. The molecule has 0 saturated heterocycles. The van der Waals surface area contributed by atoms with E-state index in [9.17, 15) is 5.11 Å². The molecule has 0 spiro atoms. The van der Waals surface area contributed by atoms with Crippen molar-refractivity contribution in [2.45, 2.75) is 25.9 Å². The van der Waals surface area contributed by atoms with Gasteiger partial charge in [-0.1, -0.05) is 13.0 Å². The summed E-state index contributed by atoms with van der Waals surface area (Å²) in [5, 5.41) is 17.2. The highest BCUT2D eigenvalue weighted by Crippen LogP contribution is 2.22. The van der Waals surface area contributed by atoms with E-state index < -0.39 is 0 Å². The Kier molecular flexibility index (Phi) is 5.01. The molecule has 20 heavy (non-hydrogen) atoms. The summed E-state index contributed by atoms with van der Waals surface area (Å²) in [6.45, 7) is 3.01. The average molecular weight is 275 g/mol. The van der Waals surface area contributed by atoms with E-state index in [1.807, 2.05) is 35.1 Å². The zero-order valence-corrected chi connectivity index (χ0v) is 11.9. The molecule has 1 atom stereocenters. The maximum Gasteiger partial charge on any atom is 0.120 e. The van der Waals surface area contributed by atoms with E-state index >= 15 is 0 Å². The Labute approximate surface area is 119 Å². The van der Waals surface area contributed by atoms with Crippen LogP contribution in [0, 0.1) is 0 Å². The van der Waals surface area contributed by atoms with Gasteiger partial charge in [-0.15, -0.1) is 0 Å². The van der Waals surface area contributed by atoms with Gasteiger partial charge >= 0.3 is 0 Å². The average Bonchev–Trinajstić information content (AvgIpc) is 2.94.